The van der Waals surface area contributed by atoms with Crippen molar-refractivity contribution in [3.63, 3.8) is 0 Å². The zero-order chi connectivity index (χ0) is 22.3. The third-order valence-electron chi connectivity index (χ3n) is 5.77. The number of H-pyrrole nitrogens is 1. The second-order valence-corrected chi connectivity index (χ2v) is 7.92. The van der Waals surface area contributed by atoms with Crippen LogP contribution >= 0.6 is 0 Å². The van der Waals surface area contributed by atoms with Crippen molar-refractivity contribution in [2.45, 2.75) is 18.9 Å². The number of carbonyl (C=O) groups excluding carboxylic acids is 2. The van der Waals surface area contributed by atoms with Crippen LogP contribution in [0.5, 0.6) is 0 Å². The van der Waals surface area contributed by atoms with Crippen LogP contribution in [0.4, 0.5) is 10.5 Å². The van der Waals surface area contributed by atoms with Gasteiger partial charge in [0.2, 0.25) is 5.91 Å². The Morgan fingerprint density at radius 3 is 2.78 bits per heavy atom. The maximum atomic E-state index is 13.0. The summed E-state index contributed by atoms with van der Waals surface area (Å²) in [6, 6.07) is 16.3. The molecule has 2 amide bonds. The number of primary amides is 1. The first kappa shape index (κ1) is 21.6. The second-order valence-electron chi connectivity index (χ2n) is 7.92. The number of hydrogen-bond donors (Lipinski definition) is 2. The van der Waals surface area contributed by atoms with Gasteiger partial charge in [-0.15, -0.1) is 0 Å². The topological polar surface area (TPSA) is 105 Å². The molecule has 0 spiro atoms. The minimum Gasteiger partial charge on any atom is -0.444 e. The van der Waals surface area contributed by atoms with Gasteiger partial charge in [-0.25, -0.2) is 4.79 Å². The molecule has 4 rings (SSSR count). The van der Waals surface area contributed by atoms with Crippen LogP contribution in [0.25, 0.3) is 0 Å². The van der Waals surface area contributed by atoms with Gasteiger partial charge in [0.15, 0.2) is 0 Å². The number of rotatable bonds is 8. The average molecular weight is 434 g/mol. The first-order valence-corrected chi connectivity index (χ1v) is 10.7. The fourth-order valence-corrected chi connectivity index (χ4v) is 4.00. The van der Waals surface area contributed by atoms with E-state index in [0.717, 1.165) is 31.7 Å². The molecule has 2 heterocycles. The molecule has 1 atom stereocenters. The Labute approximate surface area is 187 Å². The minimum atomic E-state index is -0.511. The quantitative estimate of drug-likeness (QED) is 0.568. The highest BCUT2D eigenvalue weighted by Crippen LogP contribution is 2.26. The highest BCUT2D eigenvalue weighted by Gasteiger charge is 2.26. The molecule has 1 aliphatic rings. The van der Waals surface area contributed by atoms with E-state index in [-0.39, 0.29) is 6.61 Å². The van der Waals surface area contributed by atoms with E-state index in [1.165, 1.54) is 5.56 Å². The van der Waals surface area contributed by atoms with Gasteiger partial charge in [0.05, 0.1) is 6.20 Å². The number of benzene rings is 2. The summed E-state index contributed by atoms with van der Waals surface area (Å²) in [5.41, 5.74) is 8.45. The summed E-state index contributed by atoms with van der Waals surface area (Å²) in [4.78, 5) is 28.4. The van der Waals surface area contributed by atoms with E-state index in [0.29, 0.717) is 23.6 Å². The molecule has 166 valence electrons. The third kappa shape index (κ3) is 5.33. The Kier molecular flexibility index (Phi) is 6.81. The average Bonchev–Trinajstić information content (AvgIpc) is 3.51. The zero-order valence-corrected chi connectivity index (χ0v) is 17.8. The van der Waals surface area contributed by atoms with Crippen LogP contribution in [0.1, 0.15) is 33.8 Å². The largest absolute Gasteiger partial charge is 0.444 e. The Balaban J connectivity index is 1.38. The Hall–Kier alpha value is -3.65. The van der Waals surface area contributed by atoms with E-state index in [1.54, 1.807) is 29.2 Å². The van der Waals surface area contributed by atoms with Crippen LogP contribution in [-0.4, -0.2) is 53.3 Å². The number of amides is 2. The number of anilines is 1. The molecular weight excluding hydrogens is 406 g/mol. The summed E-state index contributed by atoms with van der Waals surface area (Å²) in [7, 11) is 0. The number of likely N-dealkylation sites (tertiary alicyclic amines) is 1. The maximum absolute atomic E-state index is 13.0. The van der Waals surface area contributed by atoms with Crippen molar-refractivity contribution in [1.29, 1.82) is 0 Å². The number of nitrogens with two attached hydrogens (primary N) is 1. The number of aromatic nitrogens is 2. The van der Waals surface area contributed by atoms with Crippen LogP contribution in [0.15, 0.2) is 67.0 Å². The Morgan fingerprint density at radius 2 is 2.03 bits per heavy atom. The van der Waals surface area contributed by atoms with Crippen molar-refractivity contribution < 1.29 is 14.3 Å². The van der Waals surface area contributed by atoms with E-state index in [9.17, 15) is 9.59 Å². The van der Waals surface area contributed by atoms with Crippen LogP contribution in [0.3, 0.4) is 0 Å². The van der Waals surface area contributed by atoms with Gasteiger partial charge in [-0.05, 0) is 48.4 Å². The van der Waals surface area contributed by atoms with Gasteiger partial charge in [0.1, 0.15) is 6.61 Å². The molecule has 1 fully saturated rings. The maximum Gasteiger partial charge on any atom is 0.414 e. The smallest absolute Gasteiger partial charge is 0.414 e. The Bertz CT molecular complexity index is 1040. The van der Waals surface area contributed by atoms with E-state index in [2.05, 4.69) is 15.1 Å². The summed E-state index contributed by atoms with van der Waals surface area (Å²) in [5, 5.41) is 6.93. The van der Waals surface area contributed by atoms with Crippen molar-refractivity contribution in [2.24, 2.45) is 5.73 Å². The van der Waals surface area contributed by atoms with E-state index in [4.69, 9.17) is 10.5 Å². The third-order valence-corrected chi connectivity index (χ3v) is 5.77. The number of hydrogen-bond acceptors (Lipinski definition) is 5. The second kappa shape index (κ2) is 10.1. The normalized spacial score (nSPS) is 16.1. The van der Waals surface area contributed by atoms with Gasteiger partial charge in [-0.2, -0.15) is 5.10 Å². The highest BCUT2D eigenvalue weighted by molar-refractivity contribution is 5.93. The molecule has 8 nitrogen and oxygen atoms in total. The van der Waals surface area contributed by atoms with Crippen molar-refractivity contribution in [3.05, 3.63) is 83.7 Å². The first-order valence-electron chi connectivity index (χ1n) is 10.7. The molecule has 1 aliphatic heterocycles. The lowest BCUT2D eigenvalue weighted by Crippen LogP contribution is -2.38. The molecule has 0 radical (unpaired) electrons. The molecule has 3 N–H and O–H groups in total. The zero-order valence-electron chi connectivity index (χ0n) is 17.8. The summed E-state index contributed by atoms with van der Waals surface area (Å²) < 4.78 is 5.58. The van der Waals surface area contributed by atoms with E-state index >= 15 is 0 Å². The van der Waals surface area contributed by atoms with Crippen LogP contribution < -0.4 is 10.6 Å². The Morgan fingerprint density at radius 1 is 1.19 bits per heavy atom. The van der Waals surface area contributed by atoms with Gasteiger partial charge in [0.25, 0.3) is 0 Å². The van der Waals surface area contributed by atoms with Crippen molar-refractivity contribution in [3.8, 4) is 0 Å². The van der Waals surface area contributed by atoms with Crippen LogP contribution in [0, 0.1) is 0 Å². The molecule has 32 heavy (non-hydrogen) atoms. The summed E-state index contributed by atoms with van der Waals surface area (Å²) >= 11 is 0. The molecule has 1 saturated heterocycles. The van der Waals surface area contributed by atoms with E-state index < -0.39 is 12.0 Å². The number of nitrogens with zero attached hydrogens (tertiary/aromatic N) is 3. The lowest BCUT2D eigenvalue weighted by Gasteiger charge is -2.25. The lowest BCUT2D eigenvalue weighted by atomic mass is 10.0. The van der Waals surface area contributed by atoms with Crippen molar-refractivity contribution in [2.75, 3.05) is 31.1 Å². The predicted octanol–water partition coefficient (Wildman–Crippen LogP) is 3.14. The molecular formula is C24H27N5O3. The minimum absolute atomic E-state index is 0.0650. The number of nitrogens with one attached hydrogen (secondary N) is 1. The molecule has 0 bridgehead atoms. The standard InChI is InChI=1S/C24H27N5O3/c25-23(30)19-6-4-5-18(13-19)17-32-24(31)29(22-7-2-1-3-8-22)12-11-28-10-9-20(16-28)21-14-26-27-15-21/h1-8,13-15,20H,9-12,16-17H2,(H2,25,30)(H,26,27). The van der Waals surface area contributed by atoms with Gasteiger partial charge < -0.3 is 15.4 Å². The molecule has 8 heteroatoms. The number of aromatic amines is 1. The highest BCUT2D eigenvalue weighted by atomic mass is 16.6. The number of ether oxygens (including phenoxy) is 1. The summed E-state index contributed by atoms with van der Waals surface area (Å²) in [5.74, 6) is -0.0492. The van der Waals surface area contributed by atoms with Gasteiger partial charge >= 0.3 is 6.09 Å². The van der Waals surface area contributed by atoms with Crippen molar-refractivity contribution >= 4 is 17.7 Å². The SMILES string of the molecule is NC(=O)c1cccc(COC(=O)N(CCN2CCC(c3cn[nH]c3)C2)c2ccccc2)c1. The molecule has 1 unspecified atom stereocenters. The van der Waals surface area contributed by atoms with Gasteiger partial charge in [0, 0.05) is 43.0 Å². The van der Waals surface area contributed by atoms with Gasteiger partial charge in [-0.1, -0.05) is 30.3 Å². The molecule has 0 aliphatic carbocycles. The lowest BCUT2D eigenvalue weighted by molar-refractivity contribution is 0.1000. The summed E-state index contributed by atoms with van der Waals surface area (Å²) in [6.45, 7) is 3.25. The molecule has 3 aromatic rings. The number of carbonyl (C=O) groups is 2. The summed E-state index contributed by atoms with van der Waals surface area (Å²) in [6.07, 6.45) is 4.49. The first-order chi connectivity index (χ1) is 15.6. The monoisotopic (exact) mass is 433 g/mol. The van der Waals surface area contributed by atoms with Gasteiger partial charge in [-0.3, -0.25) is 14.8 Å². The van der Waals surface area contributed by atoms with Crippen LogP contribution in [-0.2, 0) is 11.3 Å². The van der Waals surface area contributed by atoms with Crippen molar-refractivity contribution in [1.82, 2.24) is 15.1 Å². The fourth-order valence-electron chi connectivity index (χ4n) is 4.00. The fraction of sp³-hybridized carbons (Fsp3) is 0.292. The number of para-hydroxylation sites is 1. The molecule has 0 saturated carbocycles. The van der Waals surface area contributed by atoms with Crippen LogP contribution in [0.2, 0.25) is 0 Å². The molecule has 2 aromatic carbocycles. The van der Waals surface area contributed by atoms with E-state index in [1.807, 2.05) is 42.7 Å². The molecule has 1 aromatic heterocycles. The predicted molar refractivity (Wildman–Crippen MR) is 121 cm³/mol.